The first kappa shape index (κ1) is 17.2. The van der Waals surface area contributed by atoms with E-state index in [4.69, 9.17) is 0 Å². The van der Waals surface area contributed by atoms with Crippen molar-refractivity contribution in [3.63, 3.8) is 0 Å². The lowest BCUT2D eigenvalue weighted by molar-refractivity contribution is -0.116. The number of amides is 2. The smallest absolute Gasteiger partial charge is 0.268 e. The van der Waals surface area contributed by atoms with Crippen molar-refractivity contribution in [2.75, 3.05) is 33.7 Å². The Balaban J connectivity index is 1.98. The van der Waals surface area contributed by atoms with Crippen molar-refractivity contribution in [1.29, 1.82) is 0 Å². The lowest BCUT2D eigenvalue weighted by atomic mass is 9.99. The molecule has 0 saturated heterocycles. The monoisotopic (exact) mass is 344 g/mol. The molecule has 0 aliphatic carbocycles. The fourth-order valence-corrected chi connectivity index (χ4v) is 2.95. The lowest BCUT2D eigenvalue weighted by Gasteiger charge is -2.10. The summed E-state index contributed by atoms with van der Waals surface area (Å²) in [6, 6.07) is 4.33. The molecule has 2 aromatic rings. The Morgan fingerprint density at radius 2 is 2.20 bits per heavy atom. The van der Waals surface area contributed by atoms with Gasteiger partial charge >= 0.3 is 0 Å². The molecule has 1 aliphatic rings. The number of aromatic amines is 1. The SMILES string of the molecule is CN(C)CCNC(=O)C=C1CCNC(=O)c2[nH]c3ccc(F)cc3c21. The molecule has 1 aromatic heterocycles. The number of H-pyrrole nitrogens is 1. The van der Waals surface area contributed by atoms with Gasteiger partial charge in [-0.3, -0.25) is 9.59 Å². The molecule has 6 nitrogen and oxygen atoms in total. The first-order valence-electron chi connectivity index (χ1n) is 8.18. The molecule has 0 saturated carbocycles. The summed E-state index contributed by atoms with van der Waals surface area (Å²) >= 11 is 0. The van der Waals surface area contributed by atoms with Gasteiger partial charge in [0, 0.05) is 42.2 Å². The quantitative estimate of drug-likeness (QED) is 0.736. The van der Waals surface area contributed by atoms with Crippen molar-refractivity contribution in [2.24, 2.45) is 0 Å². The number of benzene rings is 1. The molecular formula is C18H21FN4O2. The van der Waals surface area contributed by atoms with E-state index in [0.29, 0.717) is 47.2 Å². The predicted octanol–water partition coefficient (Wildman–Crippen LogP) is 1.50. The van der Waals surface area contributed by atoms with Crippen molar-refractivity contribution >= 4 is 28.3 Å². The Hall–Kier alpha value is -2.67. The molecule has 0 bridgehead atoms. The number of nitrogens with zero attached hydrogens (tertiary/aromatic N) is 1. The molecule has 132 valence electrons. The van der Waals surface area contributed by atoms with Gasteiger partial charge < -0.3 is 20.5 Å². The normalized spacial score (nSPS) is 16.0. The summed E-state index contributed by atoms with van der Waals surface area (Å²) in [5.74, 6) is -0.848. The third kappa shape index (κ3) is 3.71. The fraction of sp³-hybridized carbons (Fsp3) is 0.333. The number of carbonyl (C=O) groups is 2. The number of likely N-dealkylation sites (N-methyl/N-ethyl adjacent to an activating group) is 1. The van der Waals surface area contributed by atoms with Gasteiger partial charge in [-0.05, 0) is 44.3 Å². The number of hydrogen-bond acceptors (Lipinski definition) is 3. The highest BCUT2D eigenvalue weighted by Crippen LogP contribution is 2.32. The number of hydrogen-bond donors (Lipinski definition) is 3. The van der Waals surface area contributed by atoms with Crippen molar-refractivity contribution in [1.82, 2.24) is 20.5 Å². The highest BCUT2D eigenvalue weighted by molar-refractivity contribution is 6.10. The molecule has 3 N–H and O–H groups in total. The average Bonchev–Trinajstić information content (AvgIpc) is 2.84. The van der Waals surface area contributed by atoms with Crippen LogP contribution >= 0.6 is 0 Å². The molecule has 1 aromatic carbocycles. The van der Waals surface area contributed by atoms with Gasteiger partial charge in [-0.15, -0.1) is 0 Å². The molecular weight excluding hydrogens is 323 g/mol. The first-order chi connectivity index (χ1) is 12.0. The second-order valence-electron chi connectivity index (χ2n) is 6.33. The zero-order valence-electron chi connectivity index (χ0n) is 14.3. The zero-order valence-corrected chi connectivity index (χ0v) is 14.3. The summed E-state index contributed by atoms with van der Waals surface area (Å²) in [6.45, 7) is 1.69. The van der Waals surface area contributed by atoms with Gasteiger partial charge in [0.25, 0.3) is 5.91 Å². The maximum absolute atomic E-state index is 13.7. The standard InChI is InChI=1S/C18H21FN4O2/c1-23(2)8-7-20-15(24)9-11-5-6-21-18(25)17-16(11)13-10-12(19)3-4-14(13)22-17/h3-4,9-10,22H,5-8H2,1-2H3,(H,20,24)(H,21,25). The van der Waals surface area contributed by atoms with Crippen LogP contribution in [0.25, 0.3) is 16.5 Å². The van der Waals surface area contributed by atoms with Crippen LogP contribution in [0.2, 0.25) is 0 Å². The van der Waals surface area contributed by atoms with Crippen LogP contribution in [-0.4, -0.2) is 55.4 Å². The zero-order chi connectivity index (χ0) is 18.0. The third-order valence-electron chi connectivity index (χ3n) is 4.15. The second kappa shape index (κ2) is 7.06. The molecule has 2 amide bonds. The van der Waals surface area contributed by atoms with Crippen LogP contribution in [0.5, 0.6) is 0 Å². The molecule has 3 rings (SSSR count). The Kier molecular flexibility index (Phi) is 4.85. The van der Waals surface area contributed by atoms with Crippen molar-refractivity contribution in [2.45, 2.75) is 6.42 Å². The molecule has 1 aliphatic heterocycles. The van der Waals surface area contributed by atoms with Gasteiger partial charge in [-0.25, -0.2) is 4.39 Å². The van der Waals surface area contributed by atoms with Gasteiger partial charge in [-0.2, -0.15) is 0 Å². The Morgan fingerprint density at radius 3 is 2.96 bits per heavy atom. The van der Waals surface area contributed by atoms with Crippen LogP contribution in [0.4, 0.5) is 4.39 Å². The van der Waals surface area contributed by atoms with Gasteiger partial charge in [0.15, 0.2) is 0 Å². The van der Waals surface area contributed by atoms with Gasteiger partial charge in [0.05, 0.1) is 0 Å². The Bertz CT molecular complexity index is 854. The van der Waals surface area contributed by atoms with Crippen LogP contribution in [0.3, 0.4) is 0 Å². The van der Waals surface area contributed by atoms with Crippen LogP contribution in [-0.2, 0) is 4.79 Å². The van der Waals surface area contributed by atoms with Gasteiger partial charge in [-0.1, -0.05) is 0 Å². The van der Waals surface area contributed by atoms with Crippen LogP contribution in [0, 0.1) is 5.82 Å². The molecule has 0 spiro atoms. The average molecular weight is 344 g/mol. The largest absolute Gasteiger partial charge is 0.351 e. The van der Waals surface area contributed by atoms with E-state index in [-0.39, 0.29) is 17.6 Å². The van der Waals surface area contributed by atoms with E-state index in [9.17, 15) is 14.0 Å². The number of fused-ring (bicyclic) bond motifs is 3. The molecule has 0 atom stereocenters. The summed E-state index contributed by atoms with van der Waals surface area (Å²) in [6.07, 6.45) is 2.01. The fourth-order valence-electron chi connectivity index (χ4n) is 2.95. The van der Waals surface area contributed by atoms with Crippen molar-refractivity contribution in [3.8, 4) is 0 Å². The molecule has 0 radical (unpaired) electrons. The Labute approximate surface area is 145 Å². The highest BCUT2D eigenvalue weighted by Gasteiger charge is 2.24. The minimum atomic E-state index is -0.381. The molecule has 7 heteroatoms. The van der Waals surface area contributed by atoms with Crippen LogP contribution in [0.15, 0.2) is 24.3 Å². The summed E-state index contributed by atoms with van der Waals surface area (Å²) in [4.78, 5) is 29.5. The number of rotatable bonds is 4. The van der Waals surface area contributed by atoms with E-state index in [2.05, 4.69) is 15.6 Å². The summed E-state index contributed by atoms with van der Waals surface area (Å²) in [5.41, 5.74) is 2.35. The van der Waals surface area contributed by atoms with E-state index < -0.39 is 0 Å². The van der Waals surface area contributed by atoms with E-state index in [1.807, 2.05) is 19.0 Å². The van der Waals surface area contributed by atoms with E-state index >= 15 is 0 Å². The number of halogens is 1. The minimum Gasteiger partial charge on any atom is -0.351 e. The third-order valence-corrected chi connectivity index (χ3v) is 4.15. The van der Waals surface area contributed by atoms with Gasteiger partial charge in [0.2, 0.25) is 5.91 Å². The number of nitrogens with one attached hydrogen (secondary N) is 3. The topological polar surface area (TPSA) is 77.2 Å². The summed E-state index contributed by atoms with van der Waals surface area (Å²) in [7, 11) is 3.86. The number of carbonyl (C=O) groups excluding carboxylic acids is 2. The van der Waals surface area contributed by atoms with Gasteiger partial charge in [0.1, 0.15) is 11.5 Å². The van der Waals surface area contributed by atoms with Crippen molar-refractivity contribution in [3.05, 3.63) is 41.3 Å². The minimum absolute atomic E-state index is 0.220. The summed E-state index contributed by atoms with van der Waals surface area (Å²) < 4.78 is 13.7. The van der Waals surface area contributed by atoms with Crippen molar-refractivity contribution < 1.29 is 14.0 Å². The van der Waals surface area contributed by atoms with Crippen LogP contribution < -0.4 is 10.6 Å². The van der Waals surface area contributed by atoms with E-state index in [0.717, 1.165) is 6.54 Å². The molecule has 0 fully saturated rings. The molecule has 0 unspecified atom stereocenters. The summed E-state index contributed by atoms with van der Waals surface area (Å²) in [5, 5.41) is 6.23. The Morgan fingerprint density at radius 1 is 1.40 bits per heavy atom. The van der Waals surface area contributed by atoms with E-state index in [1.54, 1.807) is 6.07 Å². The highest BCUT2D eigenvalue weighted by atomic mass is 19.1. The second-order valence-corrected chi connectivity index (χ2v) is 6.33. The predicted molar refractivity (Wildman–Crippen MR) is 94.7 cm³/mol. The molecule has 25 heavy (non-hydrogen) atoms. The lowest BCUT2D eigenvalue weighted by Crippen LogP contribution is -2.30. The maximum Gasteiger partial charge on any atom is 0.268 e. The first-order valence-corrected chi connectivity index (χ1v) is 8.18. The maximum atomic E-state index is 13.7. The number of aromatic nitrogens is 1. The molecule has 2 heterocycles. The van der Waals surface area contributed by atoms with E-state index in [1.165, 1.54) is 18.2 Å². The van der Waals surface area contributed by atoms with Crippen LogP contribution in [0.1, 0.15) is 22.5 Å².